The standard InChI is InChI=1S/C15H34O2Si/c1-5-7-9-10-11-13-15-18(16-3,17-4)14-12-8-6-2/h5-15H2,1-4H3. The van der Waals surface area contributed by atoms with Crippen LogP contribution in [0.5, 0.6) is 0 Å². The van der Waals surface area contributed by atoms with Crippen LogP contribution in [-0.4, -0.2) is 22.8 Å². The minimum atomic E-state index is -1.85. The van der Waals surface area contributed by atoms with Crippen LogP contribution in [0.25, 0.3) is 0 Å². The molecule has 0 spiro atoms. The second-order valence-corrected chi connectivity index (χ2v) is 8.93. The molecule has 0 aliphatic carbocycles. The molecule has 2 nitrogen and oxygen atoms in total. The van der Waals surface area contributed by atoms with Gasteiger partial charge in [-0.1, -0.05) is 71.6 Å². The van der Waals surface area contributed by atoms with Crippen LogP contribution in [0.3, 0.4) is 0 Å². The van der Waals surface area contributed by atoms with E-state index in [2.05, 4.69) is 13.8 Å². The summed E-state index contributed by atoms with van der Waals surface area (Å²) in [5.74, 6) is 0. The molecule has 0 saturated carbocycles. The Balaban J connectivity index is 3.79. The fourth-order valence-electron chi connectivity index (χ4n) is 2.44. The van der Waals surface area contributed by atoms with Crippen molar-refractivity contribution in [3.63, 3.8) is 0 Å². The van der Waals surface area contributed by atoms with Gasteiger partial charge in [-0.15, -0.1) is 0 Å². The van der Waals surface area contributed by atoms with E-state index in [1.165, 1.54) is 69.9 Å². The van der Waals surface area contributed by atoms with Gasteiger partial charge in [0.25, 0.3) is 0 Å². The molecule has 0 amide bonds. The van der Waals surface area contributed by atoms with Gasteiger partial charge in [-0.25, -0.2) is 0 Å². The Hall–Kier alpha value is 0.137. The molecule has 0 aliphatic heterocycles. The lowest BCUT2D eigenvalue weighted by Crippen LogP contribution is -2.39. The Bertz CT molecular complexity index is 170. The third-order valence-electron chi connectivity index (χ3n) is 3.82. The van der Waals surface area contributed by atoms with Crippen molar-refractivity contribution in [2.45, 2.75) is 83.7 Å². The minimum Gasteiger partial charge on any atom is -0.398 e. The Labute approximate surface area is 116 Å². The molecule has 0 aromatic heterocycles. The molecular formula is C15H34O2Si. The molecule has 0 atom stereocenters. The van der Waals surface area contributed by atoms with E-state index in [4.69, 9.17) is 8.85 Å². The normalized spacial score (nSPS) is 12.0. The molecule has 0 radical (unpaired) electrons. The molecule has 0 rings (SSSR count). The van der Waals surface area contributed by atoms with Crippen LogP contribution in [0.1, 0.15) is 71.6 Å². The minimum absolute atomic E-state index is 1.17. The molecule has 0 aromatic carbocycles. The fourth-order valence-corrected chi connectivity index (χ4v) is 5.25. The van der Waals surface area contributed by atoms with E-state index >= 15 is 0 Å². The van der Waals surface area contributed by atoms with Crippen molar-refractivity contribution < 1.29 is 8.85 Å². The summed E-state index contributed by atoms with van der Waals surface area (Å²) in [7, 11) is 1.84. The molecule has 0 aliphatic rings. The average molecular weight is 275 g/mol. The van der Waals surface area contributed by atoms with E-state index in [9.17, 15) is 0 Å². The molecule has 0 bridgehead atoms. The molecule has 0 saturated heterocycles. The third kappa shape index (κ3) is 8.28. The Morgan fingerprint density at radius 2 is 1.00 bits per heavy atom. The maximum atomic E-state index is 5.78. The van der Waals surface area contributed by atoms with Crippen LogP contribution in [0, 0.1) is 0 Å². The Kier molecular flexibility index (Phi) is 12.3. The number of hydrogen-bond acceptors (Lipinski definition) is 2. The van der Waals surface area contributed by atoms with Gasteiger partial charge in [0.2, 0.25) is 0 Å². The summed E-state index contributed by atoms with van der Waals surface area (Å²) in [6.07, 6.45) is 11.9. The van der Waals surface area contributed by atoms with Gasteiger partial charge in [-0.2, -0.15) is 0 Å². The summed E-state index contributed by atoms with van der Waals surface area (Å²) >= 11 is 0. The van der Waals surface area contributed by atoms with E-state index in [1.807, 2.05) is 14.2 Å². The van der Waals surface area contributed by atoms with Crippen LogP contribution in [-0.2, 0) is 8.85 Å². The first-order valence-corrected chi connectivity index (χ1v) is 10.1. The SMILES string of the molecule is CCCCCCCC[Si](CCCCC)(OC)OC. The van der Waals surface area contributed by atoms with E-state index in [0.717, 1.165) is 0 Å². The van der Waals surface area contributed by atoms with Crippen LogP contribution >= 0.6 is 0 Å². The van der Waals surface area contributed by atoms with Gasteiger partial charge < -0.3 is 8.85 Å². The van der Waals surface area contributed by atoms with Crippen molar-refractivity contribution in [2.75, 3.05) is 14.2 Å². The molecule has 3 heteroatoms. The highest BCUT2D eigenvalue weighted by molar-refractivity contribution is 6.67. The van der Waals surface area contributed by atoms with Crippen LogP contribution < -0.4 is 0 Å². The Morgan fingerprint density at radius 1 is 0.611 bits per heavy atom. The molecule has 0 N–H and O–H groups in total. The van der Waals surface area contributed by atoms with Crippen molar-refractivity contribution >= 4 is 8.56 Å². The lowest BCUT2D eigenvalue weighted by molar-refractivity contribution is 0.238. The van der Waals surface area contributed by atoms with Crippen molar-refractivity contribution in [1.82, 2.24) is 0 Å². The molecule has 18 heavy (non-hydrogen) atoms. The van der Waals surface area contributed by atoms with Crippen molar-refractivity contribution in [3.8, 4) is 0 Å². The highest BCUT2D eigenvalue weighted by Crippen LogP contribution is 2.24. The van der Waals surface area contributed by atoms with E-state index in [-0.39, 0.29) is 0 Å². The zero-order valence-corrected chi connectivity index (χ0v) is 14.1. The first-order chi connectivity index (χ1) is 8.74. The van der Waals surface area contributed by atoms with Crippen molar-refractivity contribution in [2.24, 2.45) is 0 Å². The van der Waals surface area contributed by atoms with Gasteiger partial charge in [0.15, 0.2) is 0 Å². The van der Waals surface area contributed by atoms with Crippen molar-refractivity contribution in [3.05, 3.63) is 0 Å². The molecular weight excluding hydrogens is 240 g/mol. The second kappa shape index (κ2) is 12.2. The topological polar surface area (TPSA) is 18.5 Å². The predicted octanol–water partition coefficient (Wildman–Crippen LogP) is 5.27. The highest BCUT2D eigenvalue weighted by atomic mass is 28.4. The van der Waals surface area contributed by atoms with Crippen LogP contribution in [0.15, 0.2) is 0 Å². The third-order valence-corrected chi connectivity index (χ3v) is 7.54. The Morgan fingerprint density at radius 3 is 1.50 bits per heavy atom. The first kappa shape index (κ1) is 18.1. The van der Waals surface area contributed by atoms with Gasteiger partial charge in [-0.05, 0) is 12.1 Å². The quantitative estimate of drug-likeness (QED) is 0.336. The van der Waals surface area contributed by atoms with Crippen LogP contribution in [0.2, 0.25) is 12.1 Å². The zero-order valence-electron chi connectivity index (χ0n) is 13.1. The summed E-state index contributed by atoms with van der Waals surface area (Å²) in [5.41, 5.74) is 0. The zero-order chi connectivity index (χ0) is 13.7. The molecule has 0 fully saturated rings. The maximum Gasteiger partial charge on any atom is 0.337 e. The number of unbranched alkanes of at least 4 members (excludes halogenated alkanes) is 7. The van der Waals surface area contributed by atoms with E-state index in [1.54, 1.807) is 0 Å². The number of rotatable bonds is 13. The molecule has 0 aromatic rings. The number of hydrogen-bond donors (Lipinski definition) is 0. The van der Waals surface area contributed by atoms with E-state index in [0.29, 0.717) is 0 Å². The predicted molar refractivity (Wildman–Crippen MR) is 82.3 cm³/mol. The second-order valence-electron chi connectivity index (χ2n) is 5.29. The van der Waals surface area contributed by atoms with E-state index < -0.39 is 8.56 Å². The van der Waals surface area contributed by atoms with Gasteiger partial charge >= 0.3 is 8.56 Å². The fraction of sp³-hybridized carbons (Fsp3) is 1.00. The maximum absolute atomic E-state index is 5.78. The first-order valence-electron chi connectivity index (χ1n) is 7.85. The largest absolute Gasteiger partial charge is 0.398 e. The molecule has 0 heterocycles. The lowest BCUT2D eigenvalue weighted by Gasteiger charge is -2.27. The monoisotopic (exact) mass is 274 g/mol. The summed E-state index contributed by atoms with van der Waals surface area (Å²) in [6, 6.07) is 2.35. The van der Waals surface area contributed by atoms with Gasteiger partial charge in [0.05, 0.1) is 0 Å². The van der Waals surface area contributed by atoms with Gasteiger partial charge in [-0.3, -0.25) is 0 Å². The molecule has 110 valence electrons. The summed E-state index contributed by atoms with van der Waals surface area (Å²) < 4.78 is 11.6. The summed E-state index contributed by atoms with van der Waals surface area (Å²) in [6.45, 7) is 4.51. The summed E-state index contributed by atoms with van der Waals surface area (Å²) in [4.78, 5) is 0. The smallest absolute Gasteiger partial charge is 0.337 e. The van der Waals surface area contributed by atoms with Crippen LogP contribution in [0.4, 0.5) is 0 Å². The lowest BCUT2D eigenvalue weighted by atomic mass is 10.1. The average Bonchev–Trinajstić information content (AvgIpc) is 2.41. The summed E-state index contributed by atoms with van der Waals surface area (Å²) in [5, 5.41) is 0. The van der Waals surface area contributed by atoms with Gasteiger partial charge in [0.1, 0.15) is 0 Å². The molecule has 0 unspecified atom stereocenters. The highest BCUT2D eigenvalue weighted by Gasteiger charge is 2.33. The van der Waals surface area contributed by atoms with Gasteiger partial charge in [0, 0.05) is 14.2 Å². The van der Waals surface area contributed by atoms with Crippen molar-refractivity contribution in [1.29, 1.82) is 0 Å².